The summed E-state index contributed by atoms with van der Waals surface area (Å²) in [4.78, 5) is 2.23. The number of hydrogen-bond acceptors (Lipinski definition) is 2. The molecule has 0 aromatic heterocycles. The Morgan fingerprint density at radius 2 is 2.12 bits per heavy atom. The van der Waals surface area contributed by atoms with Crippen LogP contribution in [0, 0.1) is 6.92 Å². The van der Waals surface area contributed by atoms with Gasteiger partial charge in [0, 0.05) is 17.3 Å². The third kappa shape index (κ3) is 1.80. The Kier molecular flexibility index (Phi) is 2.89. The third-order valence-electron chi connectivity index (χ3n) is 3.60. The van der Waals surface area contributed by atoms with Gasteiger partial charge in [0.1, 0.15) is 0 Å². The topological polar surface area (TPSA) is 23.5 Å². The van der Waals surface area contributed by atoms with E-state index in [1.54, 1.807) is 0 Å². The Morgan fingerprint density at radius 1 is 1.44 bits per heavy atom. The zero-order valence-corrected chi connectivity index (χ0v) is 10.8. The van der Waals surface area contributed by atoms with Crippen LogP contribution in [0.1, 0.15) is 25.8 Å². The largest absolute Gasteiger partial charge is 0.391 e. The average molecular weight is 240 g/mol. The Balaban J connectivity index is 2.35. The lowest BCUT2D eigenvalue weighted by Crippen LogP contribution is -2.45. The number of halogens is 1. The molecule has 0 saturated carbocycles. The molecule has 0 bridgehead atoms. The number of aryl methyl sites for hydroxylation is 1. The molecule has 1 atom stereocenters. The molecule has 16 heavy (non-hydrogen) atoms. The SMILES string of the molecule is Cc1ccc(N2CCC(O)C2(C)C)cc1Cl. The fourth-order valence-electron chi connectivity index (χ4n) is 2.28. The molecule has 88 valence electrons. The zero-order chi connectivity index (χ0) is 11.9. The van der Waals surface area contributed by atoms with Gasteiger partial charge < -0.3 is 10.0 Å². The van der Waals surface area contributed by atoms with Crippen molar-refractivity contribution in [2.45, 2.75) is 38.8 Å². The quantitative estimate of drug-likeness (QED) is 0.815. The molecule has 1 aliphatic heterocycles. The van der Waals surface area contributed by atoms with Crippen molar-refractivity contribution in [3.05, 3.63) is 28.8 Å². The molecule has 0 radical (unpaired) electrons. The molecule has 0 aliphatic carbocycles. The van der Waals surface area contributed by atoms with Crippen LogP contribution >= 0.6 is 11.6 Å². The van der Waals surface area contributed by atoms with Crippen molar-refractivity contribution < 1.29 is 5.11 Å². The number of aliphatic hydroxyl groups is 1. The van der Waals surface area contributed by atoms with Crippen LogP contribution in [0.25, 0.3) is 0 Å². The van der Waals surface area contributed by atoms with E-state index in [2.05, 4.69) is 24.8 Å². The maximum Gasteiger partial charge on any atom is 0.0783 e. The van der Waals surface area contributed by atoms with Gasteiger partial charge in [-0.2, -0.15) is 0 Å². The van der Waals surface area contributed by atoms with Gasteiger partial charge in [-0.1, -0.05) is 17.7 Å². The minimum Gasteiger partial charge on any atom is -0.391 e. The van der Waals surface area contributed by atoms with Gasteiger partial charge >= 0.3 is 0 Å². The first-order chi connectivity index (χ1) is 7.43. The average Bonchev–Trinajstić information content (AvgIpc) is 2.47. The van der Waals surface area contributed by atoms with Gasteiger partial charge in [-0.25, -0.2) is 0 Å². The second-order valence-corrected chi connectivity index (χ2v) is 5.45. The summed E-state index contributed by atoms with van der Waals surface area (Å²) in [6.45, 7) is 7.01. The number of nitrogens with zero attached hydrogens (tertiary/aromatic N) is 1. The maximum atomic E-state index is 9.94. The van der Waals surface area contributed by atoms with Gasteiger partial charge in [-0.15, -0.1) is 0 Å². The van der Waals surface area contributed by atoms with Crippen molar-refractivity contribution in [2.75, 3.05) is 11.4 Å². The second-order valence-electron chi connectivity index (χ2n) is 5.04. The fourth-order valence-corrected chi connectivity index (χ4v) is 2.46. The molecule has 1 N–H and O–H groups in total. The highest BCUT2D eigenvalue weighted by molar-refractivity contribution is 6.31. The number of benzene rings is 1. The second kappa shape index (κ2) is 3.94. The Bertz CT molecular complexity index is 403. The molecule has 1 heterocycles. The van der Waals surface area contributed by atoms with Crippen LogP contribution in [-0.4, -0.2) is 23.3 Å². The van der Waals surface area contributed by atoms with E-state index in [9.17, 15) is 5.11 Å². The van der Waals surface area contributed by atoms with Gasteiger partial charge in [0.2, 0.25) is 0 Å². The third-order valence-corrected chi connectivity index (χ3v) is 4.01. The summed E-state index contributed by atoms with van der Waals surface area (Å²) in [5, 5.41) is 10.7. The standard InChI is InChI=1S/C13H18ClNO/c1-9-4-5-10(8-11(9)14)15-7-6-12(16)13(15,2)3/h4-5,8,12,16H,6-7H2,1-3H3. The van der Waals surface area contributed by atoms with E-state index in [1.807, 2.05) is 19.1 Å². The van der Waals surface area contributed by atoms with E-state index in [0.717, 1.165) is 29.2 Å². The minimum atomic E-state index is -0.271. The lowest BCUT2D eigenvalue weighted by Gasteiger charge is -2.35. The first kappa shape index (κ1) is 11.7. The van der Waals surface area contributed by atoms with Crippen molar-refractivity contribution in [2.24, 2.45) is 0 Å². The van der Waals surface area contributed by atoms with Crippen LogP contribution in [0.4, 0.5) is 5.69 Å². The van der Waals surface area contributed by atoms with E-state index in [4.69, 9.17) is 11.6 Å². The van der Waals surface area contributed by atoms with E-state index < -0.39 is 0 Å². The van der Waals surface area contributed by atoms with Crippen molar-refractivity contribution in [1.29, 1.82) is 0 Å². The monoisotopic (exact) mass is 239 g/mol. The molecule has 1 aromatic carbocycles. The van der Waals surface area contributed by atoms with Crippen LogP contribution in [0.15, 0.2) is 18.2 Å². The summed E-state index contributed by atoms with van der Waals surface area (Å²) < 4.78 is 0. The highest BCUT2D eigenvalue weighted by atomic mass is 35.5. The molecule has 1 aromatic rings. The van der Waals surface area contributed by atoms with E-state index >= 15 is 0 Å². The van der Waals surface area contributed by atoms with Crippen molar-refractivity contribution in [3.8, 4) is 0 Å². The van der Waals surface area contributed by atoms with Crippen LogP contribution in [0.2, 0.25) is 5.02 Å². The highest BCUT2D eigenvalue weighted by Gasteiger charge is 2.40. The van der Waals surface area contributed by atoms with Crippen molar-refractivity contribution in [1.82, 2.24) is 0 Å². The lowest BCUT2D eigenvalue weighted by atomic mass is 9.98. The molecule has 2 nitrogen and oxygen atoms in total. The van der Waals surface area contributed by atoms with Gasteiger partial charge in [-0.05, 0) is 44.9 Å². The number of anilines is 1. The predicted octanol–water partition coefficient (Wildman–Crippen LogP) is 3.00. The highest BCUT2D eigenvalue weighted by Crippen LogP contribution is 2.35. The molecule has 3 heteroatoms. The number of aliphatic hydroxyl groups excluding tert-OH is 1. The maximum absolute atomic E-state index is 9.94. The molecular weight excluding hydrogens is 222 g/mol. The number of rotatable bonds is 1. The van der Waals surface area contributed by atoms with Gasteiger partial charge in [0.25, 0.3) is 0 Å². The van der Waals surface area contributed by atoms with E-state index in [-0.39, 0.29) is 11.6 Å². The van der Waals surface area contributed by atoms with Gasteiger partial charge in [0.15, 0.2) is 0 Å². The fraction of sp³-hybridized carbons (Fsp3) is 0.538. The van der Waals surface area contributed by atoms with Crippen LogP contribution in [0.5, 0.6) is 0 Å². The Morgan fingerprint density at radius 3 is 2.62 bits per heavy atom. The molecule has 1 aliphatic rings. The summed E-state index contributed by atoms with van der Waals surface area (Å²) in [5.41, 5.74) is 1.97. The van der Waals surface area contributed by atoms with Crippen molar-refractivity contribution >= 4 is 17.3 Å². The molecule has 1 saturated heterocycles. The Hall–Kier alpha value is -0.730. The first-order valence-corrected chi connectivity index (χ1v) is 6.02. The van der Waals surface area contributed by atoms with Crippen LogP contribution < -0.4 is 4.90 Å². The smallest absolute Gasteiger partial charge is 0.0783 e. The van der Waals surface area contributed by atoms with Crippen molar-refractivity contribution in [3.63, 3.8) is 0 Å². The molecule has 0 spiro atoms. The molecule has 1 unspecified atom stereocenters. The lowest BCUT2D eigenvalue weighted by molar-refractivity contribution is 0.127. The van der Waals surface area contributed by atoms with Crippen LogP contribution in [0.3, 0.4) is 0 Å². The van der Waals surface area contributed by atoms with E-state index in [1.165, 1.54) is 0 Å². The van der Waals surface area contributed by atoms with E-state index in [0.29, 0.717) is 0 Å². The molecular formula is C13H18ClNO. The zero-order valence-electron chi connectivity index (χ0n) is 10.00. The summed E-state index contributed by atoms with van der Waals surface area (Å²) in [5.74, 6) is 0. The molecule has 0 amide bonds. The molecule has 1 fully saturated rings. The van der Waals surface area contributed by atoms with Gasteiger partial charge in [-0.3, -0.25) is 0 Å². The summed E-state index contributed by atoms with van der Waals surface area (Å²) in [6.07, 6.45) is 0.547. The first-order valence-electron chi connectivity index (χ1n) is 5.65. The van der Waals surface area contributed by atoms with Crippen LogP contribution in [-0.2, 0) is 0 Å². The number of hydrogen-bond donors (Lipinski definition) is 1. The molecule has 2 rings (SSSR count). The summed E-state index contributed by atoms with van der Waals surface area (Å²) >= 11 is 6.13. The minimum absolute atomic E-state index is 0.210. The summed E-state index contributed by atoms with van der Waals surface area (Å²) in [6, 6.07) is 6.08. The predicted molar refractivity (Wildman–Crippen MR) is 68.2 cm³/mol. The summed E-state index contributed by atoms with van der Waals surface area (Å²) in [7, 11) is 0. The van der Waals surface area contributed by atoms with Gasteiger partial charge in [0.05, 0.1) is 11.6 Å². The normalized spacial score (nSPS) is 23.8. The Labute approximate surface area is 102 Å².